The summed E-state index contributed by atoms with van der Waals surface area (Å²) >= 11 is 1.59. The first-order chi connectivity index (χ1) is 10.5. The topological polar surface area (TPSA) is 52.9 Å². The Morgan fingerprint density at radius 1 is 1.41 bits per heavy atom. The standard InChI is InChI=1S/C18H22N2OS/c1-12(2)8-9-22-18-16(11-19)15(10-17(21)20-18)14-7-5-4-6-13(14)3/h4-7,12,15H,8-10H2,1-3H3,(H,20,21)/t15-/m1/s1. The van der Waals surface area contributed by atoms with Gasteiger partial charge >= 0.3 is 0 Å². The van der Waals surface area contributed by atoms with Crippen LogP contribution in [0.3, 0.4) is 0 Å². The van der Waals surface area contributed by atoms with Crippen molar-refractivity contribution in [2.45, 2.75) is 39.5 Å². The Bertz CT molecular complexity index is 628. The van der Waals surface area contributed by atoms with Crippen LogP contribution in [-0.2, 0) is 4.79 Å². The summed E-state index contributed by atoms with van der Waals surface area (Å²) in [6.07, 6.45) is 1.42. The van der Waals surface area contributed by atoms with Crippen molar-refractivity contribution in [1.29, 1.82) is 5.26 Å². The maximum atomic E-state index is 12.1. The van der Waals surface area contributed by atoms with Crippen LogP contribution in [0.25, 0.3) is 0 Å². The Balaban J connectivity index is 2.31. The fourth-order valence-electron chi connectivity index (χ4n) is 2.57. The minimum Gasteiger partial charge on any atom is -0.320 e. The number of nitriles is 1. The molecule has 2 rings (SSSR count). The number of carbonyl (C=O) groups excluding carboxylic acids is 1. The molecule has 0 spiro atoms. The summed E-state index contributed by atoms with van der Waals surface area (Å²) in [4.78, 5) is 12.1. The number of benzene rings is 1. The summed E-state index contributed by atoms with van der Waals surface area (Å²) in [5, 5.41) is 13.2. The molecule has 1 aromatic rings. The van der Waals surface area contributed by atoms with E-state index >= 15 is 0 Å². The molecule has 0 fully saturated rings. The van der Waals surface area contributed by atoms with Gasteiger partial charge in [0.05, 0.1) is 16.7 Å². The zero-order valence-electron chi connectivity index (χ0n) is 13.3. The molecule has 0 aliphatic carbocycles. The first-order valence-corrected chi connectivity index (χ1v) is 8.64. The van der Waals surface area contributed by atoms with Crippen molar-refractivity contribution in [3.63, 3.8) is 0 Å². The third-order valence-corrected chi connectivity index (χ3v) is 4.91. The van der Waals surface area contributed by atoms with E-state index in [1.807, 2.05) is 31.2 Å². The molecule has 0 unspecified atom stereocenters. The van der Waals surface area contributed by atoms with Gasteiger partial charge in [-0.05, 0) is 36.1 Å². The lowest BCUT2D eigenvalue weighted by Crippen LogP contribution is -2.31. The lowest BCUT2D eigenvalue weighted by Gasteiger charge is -2.26. The minimum atomic E-state index is -0.124. The summed E-state index contributed by atoms with van der Waals surface area (Å²) < 4.78 is 0. The largest absolute Gasteiger partial charge is 0.320 e. The number of nitrogens with zero attached hydrogens (tertiary/aromatic N) is 1. The van der Waals surface area contributed by atoms with Gasteiger partial charge in [0.1, 0.15) is 0 Å². The SMILES string of the molecule is Cc1ccccc1[C@H]1CC(=O)NC(SCCC(C)C)=C1C#N. The van der Waals surface area contributed by atoms with Gasteiger partial charge in [0, 0.05) is 12.3 Å². The lowest BCUT2D eigenvalue weighted by molar-refractivity contribution is -0.120. The van der Waals surface area contributed by atoms with E-state index in [1.54, 1.807) is 11.8 Å². The summed E-state index contributed by atoms with van der Waals surface area (Å²) in [5.74, 6) is 1.41. The highest BCUT2D eigenvalue weighted by molar-refractivity contribution is 8.03. The molecule has 0 saturated heterocycles. The third kappa shape index (κ3) is 3.92. The Labute approximate surface area is 136 Å². The molecule has 3 nitrogen and oxygen atoms in total. The second-order valence-electron chi connectivity index (χ2n) is 6.05. The van der Waals surface area contributed by atoms with E-state index in [0.717, 1.165) is 28.3 Å². The summed E-state index contributed by atoms with van der Waals surface area (Å²) in [6.45, 7) is 6.38. The van der Waals surface area contributed by atoms with Crippen LogP contribution in [0.1, 0.15) is 43.7 Å². The Kier molecular flexibility index (Phi) is 5.68. The maximum absolute atomic E-state index is 12.1. The van der Waals surface area contributed by atoms with Crippen molar-refractivity contribution >= 4 is 17.7 Å². The van der Waals surface area contributed by atoms with Gasteiger partial charge in [-0.2, -0.15) is 5.26 Å². The van der Waals surface area contributed by atoms with Crippen LogP contribution >= 0.6 is 11.8 Å². The molecular weight excluding hydrogens is 292 g/mol. The van der Waals surface area contributed by atoms with E-state index in [2.05, 4.69) is 25.2 Å². The summed E-state index contributed by atoms with van der Waals surface area (Å²) in [5.41, 5.74) is 2.90. The van der Waals surface area contributed by atoms with Gasteiger partial charge in [-0.15, -0.1) is 11.8 Å². The number of thioether (sulfide) groups is 1. The highest BCUT2D eigenvalue weighted by atomic mass is 32.2. The molecular formula is C18H22N2OS. The molecule has 0 aromatic heterocycles. The molecule has 116 valence electrons. The Morgan fingerprint density at radius 3 is 2.77 bits per heavy atom. The smallest absolute Gasteiger partial charge is 0.225 e. The van der Waals surface area contributed by atoms with Crippen molar-refractivity contribution in [3.05, 3.63) is 46.0 Å². The van der Waals surface area contributed by atoms with Gasteiger partial charge in [0.15, 0.2) is 0 Å². The monoisotopic (exact) mass is 314 g/mol. The number of hydrogen-bond donors (Lipinski definition) is 1. The normalized spacial score (nSPS) is 18.3. The van der Waals surface area contributed by atoms with Crippen molar-refractivity contribution < 1.29 is 4.79 Å². The summed E-state index contributed by atoms with van der Waals surface area (Å²) in [6, 6.07) is 10.3. The molecule has 1 aliphatic heterocycles. The quantitative estimate of drug-likeness (QED) is 0.889. The number of rotatable bonds is 5. The molecule has 1 amide bonds. The van der Waals surface area contributed by atoms with E-state index in [4.69, 9.17) is 0 Å². The van der Waals surface area contributed by atoms with Gasteiger partial charge in [-0.1, -0.05) is 38.1 Å². The van der Waals surface area contributed by atoms with Crippen molar-refractivity contribution in [1.82, 2.24) is 5.32 Å². The number of hydrogen-bond acceptors (Lipinski definition) is 3. The minimum absolute atomic E-state index is 0.000648. The zero-order chi connectivity index (χ0) is 16.1. The molecule has 1 N–H and O–H groups in total. The summed E-state index contributed by atoms with van der Waals surface area (Å²) in [7, 11) is 0. The average Bonchev–Trinajstić information content (AvgIpc) is 2.47. The van der Waals surface area contributed by atoms with Crippen LogP contribution in [0, 0.1) is 24.2 Å². The van der Waals surface area contributed by atoms with Gasteiger partial charge in [-0.25, -0.2) is 0 Å². The van der Waals surface area contributed by atoms with Crippen LogP contribution in [0.15, 0.2) is 34.9 Å². The number of allylic oxidation sites excluding steroid dienone is 1. The third-order valence-electron chi connectivity index (χ3n) is 3.86. The number of carbonyl (C=O) groups is 1. The second-order valence-corrected chi connectivity index (χ2v) is 7.15. The van der Waals surface area contributed by atoms with E-state index < -0.39 is 0 Å². The van der Waals surface area contributed by atoms with Crippen LogP contribution in [-0.4, -0.2) is 11.7 Å². The van der Waals surface area contributed by atoms with Gasteiger partial charge in [0.25, 0.3) is 0 Å². The Morgan fingerprint density at radius 2 is 2.14 bits per heavy atom. The maximum Gasteiger partial charge on any atom is 0.225 e. The van der Waals surface area contributed by atoms with Gasteiger partial charge in [-0.3, -0.25) is 4.79 Å². The van der Waals surface area contributed by atoms with E-state index in [0.29, 0.717) is 17.9 Å². The van der Waals surface area contributed by atoms with Gasteiger partial charge in [0.2, 0.25) is 5.91 Å². The van der Waals surface area contributed by atoms with Crippen LogP contribution < -0.4 is 5.32 Å². The first kappa shape index (κ1) is 16.6. The molecule has 0 radical (unpaired) electrons. The predicted octanol–water partition coefficient (Wildman–Crippen LogP) is 4.11. The molecule has 1 heterocycles. The second kappa shape index (κ2) is 7.51. The van der Waals surface area contributed by atoms with Crippen LogP contribution in [0.2, 0.25) is 0 Å². The van der Waals surface area contributed by atoms with Crippen molar-refractivity contribution in [2.24, 2.45) is 5.92 Å². The lowest BCUT2D eigenvalue weighted by atomic mass is 9.85. The molecule has 1 aromatic carbocycles. The molecule has 22 heavy (non-hydrogen) atoms. The highest BCUT2D eigenvalue weighted by Gasteiger charge is 2.30. The number of nitrogens with one attached hydrogen (secondary N) is 1. The Hall–Kier alpha value is -1.73. The van der Waals surface area contributed by atoms with Gasteiger partial charge < -0.3 is 5.32 Å². The number of aryl methyl sites for hydroxylation is 1. The highest BCUT2D eigenvalue weighted by Crippen LogP contribution is 2.37. The van der Waals surface area contributed by atoms with Crippen LogP contribution in [0.5, 0.6) is 0 Å². The van der Waals surface area contributed by atoms with E-state index in [9.17, 15) is 10.1 Å². The van der Waals surface area contributed by atoms with Crippen LogP contribution in [0.4, 0.5) is 0 Å². The average molecular weight is 314 g/mol. The molecule has 0 bridgehead atoms. The number of amides is 1. The molecule has 4 heteroatoms. The first-order valence-electron chi connectivity index (χ1n) is 7.65. The molecule has 1 aliphatic rings. The predicted molar refractivity (Wildman–Crippen MR) is 91.2 cm³/mol. The molecule has 0 saturated carbocycles. The van der Waals surface area contributed by atoms with Crippen molar-refractivity contribution in [2.75, 3.05) is 5.75 Å². The molecule has 1 atom stereocenters. The zero-order valence-corrected chi connectivity index (χ0v) is 14.2. The van der Waals surface area contributed by atoms with E-state index in [-0.39, 0.29) is 11.8 Å². The van der Waals surface area contributed by atoms with Crippen molar-refractivity contribution in [3.8, 4) is 6.07 Å². The fourth-order valence-corrected chi connectivity index (χ4v) is 3.90. The fraction of sp³-hybridized carbons (Fsp3) is 0.444. The van der Waals surface area contributed by atoms with E-state index in [1.165, 1.54) is 0 Å².